The molecule has 3 unspecified atom stereocenters. The maximum atomic E-state index is 14.2. The summed E-state index contributed by atoms with van der Waals surface area (Å²) < 4.78 is 9.61. The minimum Gasteiger partial charge on any atom is -0.453 e. The van der Waals surface area contributed by atoms with Crippen LogP contribution in [0.1, 0.15) is 77.5 Å². The Bertz CT molecular complexity index is 2810. The lowest BCUT2D eigenvalue weighted by Crippen LogP contribution is -2.47. The summed E-state index contributed by atoms with van der Waals surface area (Å²) in [6.45, 7) is 9.67. The molecule has 4 aromatic carbocycles. The van der Waals surface area contributed by atoms with Crippen LogP contribution in [-0.4, -0.2) is 93.6 Å². The van der Waals surface area contributed by atoms with Crippen LogP contribution >= 0.6 is 0 Å². The summed E-state index contributed by atoms with van der Waals surface area (Å²) in [5.74, 6) is 1.81. The third-order valence-corrected chi connectivity index (χ3v) is 14.7. The first-order chi connectivity index (χ1) is 29.9. The molecule has 2 aliphatic carbocycles. The van der Waals surface area contributed by atoms with Crippen LogP contribution in [0.25, 0.3) is 54.7 Å². The summed E-state index contributed by atoms with van der Waals surface area (Å²) >= 11 is 0. The van der Waals surface area contributed by atoms with Crippen LogP contribution in [0, 0.1) is 29.1 Å². The van der Waals surface area contributed by atoms with Crippen LogP contribution in [-0.2, 0) is 24.6 Å². The summed E-state index contributed by atoms with van der Waals surface area (Å²) in [6, 6.07) is 21.0. The molecule has 4 heterocycles. The van der Waals surface area contributed by atoms with E-state index in [9.17, 15) is 19.2 Å². The quantitative estimate of drug-likeness (QED) is 0.108. The first-order valence-electron chi connectivity index (χ1n) is 22.0. The van der Waals surface area contributed by atoms with Crippen LogP contribution in [0.5, 0.6) is 0 Å². The Balaban J connectivity index is 0.905. The molecule has 6 atom stereocenters. The molecule has 2 saturated carbocycles. The lowest BCUT2D eigenvalue weighted by atomic mass is 9.89. The second-order valence-corrected chi connectivity index (χ2v) is 18.6. The number of nitrogens with one attached hydrogen (secondary N) is 4. The lowest BCUT2D eigenvalue weighted by Gasteiger charge is -2.32. The Morgan fingerprint density at radius 3 is 2.10 bits per heavy atom. The number of rotatable bonds is 10. The number of nitrogens with zero attached hydrogens (tertiary/aromatic N) is 4. The first-order valence-corrected chi connectivity index (χ1v) is 22.0. The molecule has 322 valence electrons. The molecular formula is C48H54N8O6. The van der Waals surface area contributed by atoms with Gasteiger partial charge in [-0.1, -0.05) is 64.1 Å². The Morgan fingerprint density at radius 2 is 1.47 bits per heavy atom. The van der Waals surface area contributed by atoms with Gasteiger partial charge in [-0.05, 0) is 96.0 Å². The predicted molar refractivity (Wildman–Crippen MR) is 236 cm³/mol. The number of imidazole rings is 2. The number of ether oxygens (including phenoxy) is 2. The molecule has 10 rings (SSSR count). The van der Waals surface area contributed by atoms with Crippen molar-refractivity contribution in [2.45, 2.75) is 77.4 Å². The zero-order valence-corrected chi connectivity index (χ0v) is 36.1. The number of methoxy groups -OCH3 is 2. The number of aromatic nitrogens is 4. The third-order valence-electron chi connectivity index (χ3n) is 14.7. The van der Waals surface area contributed by atoms with Gasteiger partial charge in [-0.3, -0.25) is 9.59 Å². The molecule has 0 radical (unpaired) electrons. The fourth-order valence-electron chi connectivity index (χ4n) is 11.0. The van der Waals surface area contributed by atoms with Crippen LogP contribution in [0.4, 0.5) is 9.59 Å². The fourth-order valence-corrected chi connectivity index (χ4v) is 11.0. The second-order valence-electron chi connectivity index (χ2n) is 18.6. The van der Waals surface area contributed by atoms with E-state index >= 15 is 0 Å². The summed E-state index contributed by atoms with van der Waals surface area (Å²) in [5.41, 5.74) is 4.72. The highest BCUT2D eigenvalue weighted by atomic mass is 16.5. The van der Waals surface area contributed by atoms with E-state index in [1.807, 2.05) is 37.5 Å². The molecule has 4 amide bonds. The van der Waals surface area contributed by atoms with Crippen molar-refractivity contribution in [2.75, 3.05) is 33.9 Å². The highest BCUT2D eigenvalue weighted by Gasteiger charge is 2.67. The van der Waals surface area contributed by atoms with Crippen molar-refractivity contribution in [1.29, 1.82) is 0 Å². The van der Waals surface area contributed by atoms with Crippen molar-refractivity contribution in [3.05, 3.63) is 72.3 Å². The van der Waals surface area contributed by atoms with Crippen molar-refractivity contribution in [2.24, 2.45) is 29.1 Å². The topological polar surface area (TPSA) is 175 Å². The number of likely N-dealkylation sites (tertiary alicyclic amines) is 2. The van der Waals surface area contributed by atoms with E-state index in [1.54, 1.807) is 0 Å². The van der Waals surface area contributed by atoms with Gasteiger partial charge < -0.3 is 39.9 Å². The number of carbonyl (C=O) groups is 4. The van der Waals surface area contributed by atoms with E-state index in [1.165, 1.54) is 14.2 Å². The maximum absolute atomic E-state index is 14.2. The molecule has 2 aliphatic heterocycles. The van der Waals surface area contributed by atoms with Crippen molar-refractivity contribution in [1.82, 2.24) is 40.4 Å². The molecule has 0 bridgehead atoms. The smallest absolute Gasteiger partial charge is 0.407 e. The number of hydrogen-bond acceptors (Lipinski definition) is 8. The molecule has 0 spiro atoms. The van der Waals surface area contributed by atoms with Gasteiger partial charge >= 0.3 is 12.2 Å². The summed E-state index contributed by atoms with van der Waals surface area (Å²) in [4.78, 5) is 73.8. The average molecular weight is 839 g/mol. The van der Waals surface area contributed by atoms with Gasteiger partial charge in [0.15, 0.2) is 0 Å². The molecule has 62 heavy (non-hydrogen) atoms. The van der Waals surface area contributed by atoms with Crippen LogP contribution < -0.4 is 10.6 Å². The molecule has 4 aliphatic rings. The van der Waals surface area contributed by atoms with E-state index in [4.69, 9.17) is 19.4 Å². The minimum absolute atomic E-state index is 0.0376. The maximum Gasteiger partial charge on any atom is 0.407 e. The Kier molecular flexibility index (Phi) is 9.49. The molecule has 4 N–H and O–H groups in total. The standard InChI is InChI=1S/C48H54N8O6/c1-25(2)34(24-49-45(59)61-5)42(57)56-19-17-31-22-48(31,56)43-51-36-16-12-30-21-28(10-14-33(30)40(36)54-43)27-9-13-32-29(20-27)11-15-35-39(32)53-41(50-35)37-8-7-18-55(37)44(58)47(26(3)4)23-38(47)52-46(60)62-6/h9-16,20-21,25-26,31,34,37-38H,7-8,17-19,22-24H2,1-6H3,(H,49,59)(H,50,53)(H,51,54)(H,52,60)/t31-,34?,37-,38?,47?,48+/m0/s1. The molecule has 2 saturated heterocycles. The van der Waals surface area contributed by atoms with Gasteiger partial charge in [0.25, 0.3) is 0 Å². The lowest BCUT2D eigenvalue weighted by molar-refractivity contribution is -0.140. The monoisotopic (exact) mass is 838 g/mol. The van der Waals surface area contributed by atoms with Crippen molar-refractivity contribution < 1.29 is 28.7 Å². The van der Waals surface area contributed by atoms with E-state index in [2.05, 4.69) is 81.3 Å². The molecular weight excluding hydrogens is 785 g/mol. The number of piperidine rings is 1. The average Bonchev–Trinajstić information content (AvgIpc) is 3.75. The Hall–Kier alpha value is -6.18. The Morgan fingerprint density at radius 1 is 0.806 bits per heavy atom. The SMILES string of the molecule is COC(=O)NCC(C(=O)N1CC[C@H]2C[C@]21c1nc2c(ccc3cc(-c4ccc5c(ccc6[nH]c([C@@H]7CCCN7C(=O)C7(C(C)C)CC7NC(=O)OC)nc65)c4)ccc32)[nH]1)C(C)C. The van der Waals surface area contributed by atoms with E-state index in [0.717, 1.165) is 92.1 Å². The predicted octanol–water partition coefficient (Wildman–Crippen LogP) is 7.92. The summed E-state index contributed by atoms with van der Waals surface area (Å²) in [6.07, 6.45) is 3.07. The van der Waals surface area contributed by atoms with Gasteiger partial charge in [-0.25, -0.2) is 19.6 Å². The largest absolute Gasteiger partial charge is 0.453 e. The van der Waals surface area contributed by atoms with Crippen LogP contribution in [0.3, 0.4) is 0 Å². The van der Waals surface area contributed by atoms with Gasteiger partial charge in [0.2, 0.25) is 11.8 Å². The number of H-pyrrole nitrogens is 2. The number of amides is 4. The van der Waals surface area contributed by atoms with Gasteiger partial charge in [0.1, 0.15) is 17.2 Å². The van der Waals surface area contributed by atoms with Crippen molar-refractivity contribution in [3.8, 4) is 11.1 Å². The van der Waals surface area contributed by atoms with Crippen molar-refractivity contribution >= 4 is 67.6 Å². The highest BCUT2D eigenvalue weighted by molar-refractivity contribution is 6.07. The zero-order chi connectivity index (χ0) is 43.2. The number of aromatic amines is 2. The highest BCUT2D eigenvalue weighted by Crippen LogP contribution is 2.62. The number of alkyl carbamates (subject to hydrolysis) is 2. The molecule has 14 heteroatoms. The first kappa shape index (κ1) is 39.9. The normalized spacial score (nSPS) is 24.6. The van der Waals surface area contributed by atoms with Gasteiger partial charge in [-0.2, -0.15) is 0 Å². The molecule has 4 fully saturated rings. The van der Waals surface area contributed by atoms with Crippen LogP contribution in [0.2, 0.25) is 0 Å². The van der Waals surface area contributed by atoms with Crippen LogP contribution in [0.15, 0.2) is 60.7 Å². The fraction of sp³-hybridized carbons (Fsp3) is 0.458. The Labute approximate surface area is 359 Å². The van der Waals surface area contributed by atoms with Gasteiger partial charge in [-0.15, -0.1) is 0 Å². The molecule has 14 nitrogen and oxygen atoms in total. The summed E-state index contributed by atoms with van der Waals surface area (Å²) in [7, 11) is 2.67. The number of hydrogen-bond donors (Lipinski definition) is 4. The van der Waals surface area contributed by atoms with Crippen molar-refractivity contribution in [3.63, 3.8) is 0 Å². The summed E-state index contributed by atoms with van der Waals surface area (Å²) in [5, 5.41) is 9.85. The zero-order valence-electron chi connectivity index (χ0n) is 36.1. The number of carbonyl (C=O) groups excluding carboxylic acids is 4. The van der Waals surface area contributed by atoms with E-state index < -0.39 is 23.1 Å². The van der Waals surface area contributed by atoms with E-state index in [0.29, 0.717) is 25.4 Å². The van der Waals surface area contributed by atoms with Gasteiger partial charge in [0, 0.05) is 36.4 Å². The molecule has 6 aromatic rings. The number of fused-ring (bicyclic) bond motifs is 7. The van der Waals surface area contributed by atoms with Gasteiger partial charge in [0.05, 0.1) is 53.7 Å². The van der Waals surface area contributed by atoms with E-state index in [-0.39, 0.29) is 48.2 Å². The number of benzene rings is 4. The third kappa shape index (κ3) is 6.18. The second kappa shape index (κ2) is 14.7. The minimum atomic E-state index is -0.647. The molecule has 2 aromatic heterocycles.